The lowest BCUT2D eigenvalue weighted by molar-refractivity contribution is 0.0698. The number of rotatable bonds is 2. The highest BCUT2D eigenvalue weighted by Gasteiger charge is 2.15. The third-order valence-electron chi connectivity index (χ3n) is 2.35. The van der Waals surface area contributed by atoms with Gasteiger partial charge in [-0.3, -0.25) is 4.68 Å². The first kappa shape index (κ1) is 9.51. The summed E-state index contributed by atoms with van der Waals surface area (Å²) < 4.78 is 1.71. The number of carboxylic acid groups (broad SMARTS) is 1. The minimum atomic E-state index is -0.949. The average Bonchev–Trinajstić information content (AvgIpc) is 2.73. The number of hydrogen-bond acceptors (Lipinski definition) is 2. The number of aryl methyl sites for hydroxylation is 2. The lowest BCUT2D eigenvalue weighted by Crippen LogP contribution is -1.98. The van der Waals surface area contributed by atoms with Crippen LogP contribution in [0.5, 0.6) is 0 Å². The van der Waals surface area contributed by atoms with Crippen molar-refractivity contribution in [1.82, 2.24) is 14.8 Å². The normalized spacial score (nSPS) is 10.5. The van der Waals surface area contributed by atoms with E-state index in [1.165, 1.54) is 6.07 Å². The molecule has 0 bridgehead atoms. The van der Waals surface area contributed by atoms with Crippen LogP contribution in [0.25, 0.3) is 11.4 Å². The van der Waals surface area contributed by atoms with Gasteiger partial charge in [-0.05, 0) is 19.1 Å². The van der Waals surface area contributed by atoms with Crippen LogP contribution in [0.2, 0.25) is 0 Å². The Morgan fingerprint density at radius 3 is 2.87 bits per heavy atom. The first-order valence-electron chi connectivity index (χ1n) is 4.51. The zero-order valence-corrected chi connectivity index (χ0v) is 8.48. The number of H-pyrrole nitrogens is 1. The smallest absolute Gasteiger partial charge is 0.337 e. The molecule has 5 heteroatoms. The van der Waals surface area contributed by atoms with Crippen molar-refractivity contribution in [2.24, 2.45) is 7.05 Å². The molecular formula is C10H11N3O2. The molecule has 0 saturated heterocycles. The number of nitrogens with one attached hydrogen (secondary N) is 1. The number of aromatic carboxylic acids is 1. The number of aromatic nitrogens is 3. The Bertz CT molecular complexity index is 491. The van der Waals surface area contributed by atoms with Crippen LogP contribution >= 0.6 is 0 Å². The van der Waals surface area contributed by atoms with E-state index in [4.69, 9.17) is 5.11 Å². The van der Waals surface area contributed by atoms with E-state index in [2.05, 4.69) is 10.1 Å². The van der Waals surface area contributed by atoms with Gasteiger partial charge in [-0.15, -0.1) is 0 Å². The lowest BCUT2D eigenvalue weighted by atomic mass is 10.2. The molecule has 0 radical (unpaired) electrons. The molecule has 0 spiro atoms. The zero-order chi connectivity index (χ0) is 11.0. The summed E-state index contributed by atoms with van der Waals surface area (Å²) in [5.74, 6) is -0.949. The maximum Gasteiger partial charge on any atom is 0.337 e. The van der Waals surface area contributed by atoms with Gasteiger partial charge in [-0.25, -0.2) is 4.79 Å². The van der Waals surface area contributed by atoms with Crippen LogP contribution in [0, 0.1) is 6.92 Å². The summed E-state index contributed by atoms with van der Waals surface area (Å²) in [4.78, 5) is 13.8. The fourth-order valence-electron chi connectivity index (χ4n) is 1.44. The van der Waals surface area contributed by atoms with Gasteiger partial charge in [0.2, 0.25) is 0 Å². The van der Waals surface area contributed by atoms with Gasteiger partial charge >= 0.3 is 5.97 Å². The molecule has 2 aromatic rings. The van der Waals surface area contributed by atoms with Gasteiger partial charge in [0.05, 0.1) is 11.3 Å². The van der Waals surface area contributed by atoms with E-state index in [1.807, 2.05) is 20.0 Å². The zero-order valence-electron chi connectivity index (χ0n) is 8.48. The van der Waals surface area contributed by atoms with Crippen LogP contribution < -0.4 is 0 Å². The molecule has 0 atom stereocenters. The van der Waals surface area contributed by atoms with E-state index in [0.717, 1.165) is 5.69 Å². The summed E-state index contributed by atoms with van der Waals surface area (Å²) >= 11 is 0. The molecule has 2 N–H and O–H groups in total. The number of nitrogens with zero attached hydrogens (tertiary/aromatic N) is 2. The Morgan fingerprint density at radius 2 is 2.33 bits per heavy atom. The molecule has 0 amide bonds. The number of aromatic amines is 1. The van der Waals surface area contributed by atoms with Crippen molar-refractivity contribution in [2.45, 2.75) is 6.92 Å². The molecule has 2 heterocycles. The van der Waals surface area contributed by atoms with E-state index in [1.54, 1.807) is 10.9 Å². The predicted molar refractivity (Wildman–Crippen MR) is 54.7 cm³/mol. The highest BCUT2D eigenvalue weighted by atomic mass is 16.4. The minimum absolute atomic E-state index is 0.244. The molecule has 78 valence electrons. The molecule has 0 fully saturated rings. The molecule has 2 aromatic heterocycles. The maximum absolute atomic E-state index is 10.9. The second kappa shape index (κ2) is 3.27. The second-order valence-electron chi connectivity index (χ2n) is 3.37. The summed E-state index contributed by atoms with van der Waals surface area (Å²) in [6.45, 7) is 1.92. The Labute approximate surface area is 86.4 Å². The van der Waals surface area contributed by atoms with Crippen LogP contribution in [0.1, 0.15) is 16.1 Å². The van der Waals surface area contributed by atoms with E-state index in [9.17, 15) is 4.79 Å². The van der Waals surface area contributed by atoms with E-state index in [0.29, 0.717) is 11.4 Å². The maximum atomic E-state index is 10.9. The van der Waals surface area contributed by atoms with Crippen LogP contribution in [0.15, 0.2) is 18.3 Å². The predicted octanol–water partition coefficient (Wildman–Crippen LogP) is 1.42. The Hall–Kier alpha value is -2.04. The first-order valence-corrected chi connectivity index (χ1v) is 4.51. The lowest BCUT2D eigenvalue weighted by Gasteiger charge is -1.94. The highest BCUT2D eigenvalue weighted by Crippen LogP contribution is 2.21. The summed E-state index contributed by atoms with van der Waals surface area (Å²) in [5, 5.41) is 13.2. The Balaban J connectivity index is 2.54. The fraction of sp³-hybridized carbons (Fsp3) is 0.200. The highest BCUT2D eigenvalue weighted by molar-refractivity contribution is 5.94. The van der Waals surface area contributed by atoms with Crippen molar-refractivity contribution >= 4 is 5.97 Å². The Kier molecular flexibility index (Phi) is 2.07. The molecular weight excluding hydrogens is 194 g/mol. The molecule has 0 aliphatic heterocycles. The molecule has 0 aliphatic carbocycles. The van der Waals surface area contributed by atoms with Gasteiger partial charge in [0.25, 0.3) is 0 Å². The average molecular weight is 205 g/mol. The molecule has 5 nitrogen and oxygen atoms in total. The van der Waals surface area contributed by atoms with Gasteiger partial charge in [0.1, 0.15) is 5.69 Å². The van der Waals surface area contributed by atoms with Crippen molar-refractivity contribution in [3.8, 4) is 11.4 Å². The van der Waals surface area contributed by atoms with Crippen molar-refractivity contribution in [3.05, 3.63) is 29.6 Å². The number of carbonyl (C=O) groups is 1. The van der Waals surface area contributed by atoms with Crippen LogP contribution in [-0.4, -0.2) is 25.8 Å². The molecule has 0 saturated carbocycles. The summed E-state index contributed by atoms with van der Waals surface area (Å²) in [6, 6.07) is 3.37. The molecule has 0 unspecified atom stereocenters. The SMILES string of the molecule is Cc1cc(-c2[nH]ccc2C(=O)O)nn1C. The van der Waals surface area contributed by atoms with Gasteiger partial charge in [0.15, 0.2) is 0 Å². The fourth-order valence-corrected chi connectivity index (χ4v) is 1.44. The molecule has 0 aromatic carbocycles. The molecule has 2 rings (SSSR count). The number of hydrogen-bond donors (Lipinski definition) is 2. The largest absolute Gasteiger partial charge is 0.478 e. The van der Waals surface area contributed by atoms with Gasteiger partial charge in [-0.1, -0.05) is 0 Å². The number of carboxylic acids is 1. The minimum Gasteiger partial charge on any atom is -0.478 e. The third-order valence-corrected chi connectivity index (χ3v) is 2.35. The van der Waals surface area contributed by atoms with E-state index >= 15 is 0 Å². The van der Waals surface area contributed by atoms with Crippen molar-refractivity contribution in [1.29, 1.82) is 0 Å². The molecule has 0 aliphatic rings. The third kappa shape index (κ3) is 1.52. The summed E-state index contributed by atoms with van der Waals surface area (Å²) in [6.07, 6.45) is 1.60. The quantitative estimate of drug-likeness (QED) is 0.778. The van der Waals surface area contributed by atoms with E-state index in [-0.39, 0.29) is 5.56 Å². The summed E-state index contributed by atoms with van der Waals surface area (Å²) in [5.41, 5.74) is 2.42. The van der Waals surface area contributed by atoms with Crippen molar-refractivity contribution in [2.75, 3.05) is 0 Å². The van der Waals surface area contributed by atoms with Crippen LogP contribution in [-0.2, 0) is 7.05 Å². The topological polar surface area (TPSA) is 70.9 Å². The second-order valence-corrected chi connectivity index (χ2v) is 3.37. The van der Waals surface area contributed by atoms with Crippen LogP contribution in [0.3, 0.4) is 0 Å². The summed E-state index contributed by atoms with van der Waals surface area (Å²) in [7, 11) is 1.82. The van der Waals surface area contributed by atoms with Gasteiger partial charge in [-0.2, -0.15) is 5.10 Å². The van der Waals surface area contributed by atoms with Crippen molar-refractivity contribution in [3.63, 3.8) is 0 Å². The molecule has 15 heavy (non-hydrogen) atoms. The van der Waals surface area contributed by atoms with Gasteiger partial charge in [0, 0.05) is 18.9 Å². The standard InChI is InChI=1S/C10H11N3O2/c1-6-5-8(12-13(6)2)9-7(10(14)15)3-4-11-9/h3-5,11H,1-2H3,(H,14,15). The first-order chi connectivity index (χ1) is 7.09. The van der Waals surface area contributed by atoms with Crippen LogP contribution in [0.4, 0.5) is 0 Å². The van der Waals surface area contributed by atoms with E-state index < -0.39 is 5.97 Å². The Morgan fingerprint density at radius 1 is 1.60 bits per heavy atom. The monoisotopic (exact) mass is 205 g/mol. The van der Waals surface area contributed by atoms with Gasteiger partial charge < -0.3 is 10.1 Å². The van der Waals surface area contributed by atoms with Crippen molar-refractivity contribution < 1.29 is 9.90 Å².